The van der Waals surface area contributed by atoms with Crippen LogP contribution in [0.5, 0.6) is 0 Å². The number of hydrogen-bond acceptors (Lipinski definition) is 3. The van der Waals surface area contributed by atoms with Crippen molar-refractivity contribution in [2.75, 3.05) is 24.6 Å². The smallest absolute Gasteiger partial charge is 0.151 e. The van der Waals surface area contributed by atoms with Gasteiger partial charge in [0.1, 0.15) is 0 Å². The van der Waals surface area contributed by atoms with Crippen molar-refractivity contribution >= 4 is 15.7 Å². The molecule has 1 saturated heterocycles. The molecular formula is C9H18N2O2S. The first-order valence-corrected chi connectivity index (χ1v) is 6.86. The van der Waals surface area contributed by atoms with E-state index in [1.165, 1.54) is 0 Å². The number of hydrogen-bond donors (Lipinski definition) is 1. The summed E-state index contributed by atoms with van der Waals surface area (Å²) in [4.78, 5) is 1.92. The number of rotatable bonds is 3. The van der Waals surface area contributed by atoms with Gasteiger partial charge in [-0.2, -0.15) is 0 Å². The molecule has 0 saturated carbocycles. The van der Waals surface area contributed by atoms with Crippen molar-refractivity contribution in [1.82, 2.24) is 4.90 Å². The molecule has 0 aromatic carbocycles. The van der Waals surface area contributed by atoms with Gasteiger partial charge in [-0.15, -0.1) is 0 Å². The number of sulfone groups is 1. The Kier molecular flexibility index (Phi) is 3.53. The Bertz CT molecular complexity index is 307. The molecule has 4 nitrogen and oxygen atoms in total. The van der Waals surface area contributed by atoms with Gasteiger partial charge in [-0.3, -0.25) is 5.41 Å². The topological polar surface area (TPSA) is 61.2 Å². The van der Waals surface area contributed by atoms with E-state index in [1.807, 2.05) is 18.7 Å². The first-order valence-electron chi connectivity index (χ1n) is 5.04. The van der Waals surface area contributed by atoms with Crippen LogP contribution in [0.1, 0.15) is 20.3 Å². The van der Waals surface area contributed by atoms with Crippen LogP contribution in [-0.4, -0.2) is 43.7 Å². The van der Waals surface area contributed by atoms with Crippen LogP contribution in [0, 0.1) is 11.3 Å². The predicted molar refractivity (Wildman–Crippen MR) is 57.4 cm³/mol. The summed E-state index contributed by atoms with van der Waals surface area (Å²) in [6.07, 6.45) is 0.623. The molecule has 0 aliphatic carbocycles. The average Bonchev–Trinajstić information content (AvgIpc) is 2.48. The summed E-state index contributed by atoms with van der Waals surface area (Å²) in [5, 5.41) is 7.88. The second-order valence-electron chi connectivity index (χ2n) is 3.66. The van der Waals surface area contributed by atoms with Gasteiger partial charge < -0.3 is 4.90 Å². The Morgan fingerprint density at radius 3 is 2.36 bits per heavy atom. The highest BCUT2D eigenvalue weighted by atomic mass is 32.2. The lowest BCUT2D eigenvalue weighted by Gasteiger charge is -2.24. The van der Waals surface area contributed by atoms with Gasteiger partial charge in [0.2, 0.25) is 0 Å². The zero-order valence-electron chi connectivity index (χ0n) is 8.78. The minimum absolute atomic E-state index is 0.0695. The van der Waals surface area contributed by atoms with Gasteiger partial charge in [0.25, 0.3) is 0 Å². The second kappa shape index (κ2) is 4.29. The molecule has 0 aromatic rings. The summed E-state index contributed by atoms with van der Waals surface area (Å²) in [6.45, 7) is 5.54. The van der Waals surface area contributed by atoms with Crippen molar-refractivity contribution in [2.45, 2.75) is 20.3 Å². The van der Waals surface area contributed by atoms with Crippen LogP contribution in [0.4, 0.5) is 0 Å². The van der Waals surface area contributed by atoms with Crippen LogP contribution >= 0.6 is 0 Å². The van der Waals surface area contributed by atoms with E-state index in [9.17, 15) is 8.42 Å². The van der Waals surface area contributed by atoms with E-state index in [0.717, 1.165) is 13.1 Å². The van der Waals surface area contributed by atoms with Crippen molar-refractivity contribution in [3.05, 3.63) is 0 Å². The maximum atomic E-state index is 11.2. The first-order chi connectivity index (χ1) is 6.50. The van der Waals surface area contributed by atoms with E-state index in [4.69, 9.17) is 5.41 Å². The minimum atomic E-state index is -2.86. The Labute approximate surface area is 85.7 Å². The van der Waals surface area contributed by atoms with Crippen LogP contribution in [0.25, 0.3) is 0 Å². The molecule has 14 heavy (non-hydrogen) atoms. The third-order valence-corrected chi connectivity index (χ3v) is 4.49. The molecule has 0 radical (unpaired) electrons. The van der Waals surface area contributed by atoms with E-state index in [2.05, 4.69) is 0 Å². The zero-order valence-corrected chi connectivity index (χ0v) is 9.60. The summed E-state index contributed by atoms with van der Waals surface area (Å²) in [5.74, 6) is 0.847. The van der Waals surface area contributed by atoms with Crippen molar-refractivity contribution in [2.24, 2.45) is 5.92 Å². The SMILES string of the molecule is CCN(CC)C(=N)C1CCS(=O)(=O)C1. The quantitative estimate of drug-likeness (QED) is 0.561. The van der Waals surface area contributed by atoms with E-state index >= 15 is 0 Å². The van der Waals surface area contributed by atoms with Gasteiger partial charge >= 0.3 is 0 Å². The fraction of sp³-hybridized carbons (Fsp3) is 0.889. The van der Waals surface area contributed by atoms with E-state index in [0.29, 0.717) is 12.3 Å². The molecule has 0 amide bonds. The Morgan fingerprint density at radius 1 is 1.43 bits per heavy atom. The first kappa shape index (κ1) is 11.5. The standard InChI is InChI=1S/C9H18N2O2S/c1-3-11(4-2)9(10)8-5-6-14(12,13)7-8/h8,10H,3-7H2,1-2H3. The van der Waals surface area contributed by atoms with E-state index in [1.54, 1.807) is 0 Å². The van der Waals surface area contributed by atoms with Gasteiger partial charge in [0.15, 0.2) is 9.84 Å². The maximum absolute atomic E-state index is 11.2. The lowest BCUT2D eigenvalue weighted by Crippen LogP contribution is -2.35. The van der Waals surface area contributed by atoms with Crippen LogP contribution in [0.2, 0.25) is 0 Å². The minimum Gasteiger partial charge on any atom is -0.361 e. The molecule has 5 heteroatoms. The summed E-state index contributed by atoms with van der Waals surface area (Å²) < 4.78 is 22.5. The fourth-order valence-corrected chi connectivity index (χ4v) is 3.58. The molecule has 1 unspecified atom stereocenters. The van der Waals surface area contributed by atoms with Gasteiger partial charge in [0.05, 0.1) is 17.3 Å². The lowest BCUT2D eigenvalue weighted by atomic mass is 10.1. The molecule has 0 spiro atoms. The van der Waals surface area contributed by atoms with Gasteiger partial charge in [-0.25, -0.2) is 8.42 Å². The molecule has 0 aromatic heterocycles. The van der Waals surface area contributed by atoms with E-state index < -0.39 is 9.84 Å². The molecule has 1 atom stereocenters. The number of nitrogens with zero attached hydrogens (tertiary/aromatic N) is 1. The fourth-order valence-electron chi connectivity index (χ4n) is 1.83. The molecule has 0 bridgehead atoms. The van der Waals surface area contributed by atoms with Crippen LogP contribution in [0.15, 0.2) is 0 Å². The zero-order chi connectivity index (χ0) is 10.8. The second-order valence-corrected chi connectivity index (χ2v) is 5.89. The van der Waals surface area contributed by atoms with Crippen molar-refractivity contribution in [1.29, 1.82) is 5.41 Å². The predicted octanol–water partition coefficient (Wildman–Crippen LogP) is 0.740. The monoisotopic (exact) mass is 218 g/mol. The van der Waals surface area contributed by atoms with Gasteiger partial charge in [-0.1, -0.05) is 0 Å². The van der Waals surface area contributed by atoms with Crippen molar-refractivity contribution in [3.63, 3.8) is 0 Å². The molecule has 82 valence electrons. The summed E-state index contributed by atoms with van der Waals surface area (Å²) in [5.41, 5.74) is 0. The normalized spacial score (nSPS) is 24.9. The molecule has 1 fully saturated rings. The maximum Gasteiger partial charge on any atom is 0.151 e. The Morgan fingerprint density at radius 2 is 2.00 bits per heavy atom. The molecule has 1 aliphatic rings. The molecular weight excluding hydrogens is 200 g/mol. The van der Waals surface area contributed by atoms with E-state index in [-0.39, 0.29) is 17.4 Å². The summed E-state index contributed by atoms with van der Waals surface area (Å²) in [6, 6.07) is 0. The summed E-state index contributed by atoms with van der Waals surface area (Å²) in [7, 11) is -2.86. The summed E-state index contributed by atoms with van der Waals surface area (Å²) >= 11 is 0. The largest absolute Gasteiger partial charge is 0.361 e. The van der Waals surface area contributed by atoms with Crippen LogP contribution in [-0.2, 0) is 9.84 Å². The highest BCUT2D eigenvalue weighted by Crippen LogP contribution is 2.20. The number of nitrogens with one attached hydrogen (secondary N) is 1. The van der Waals surface area contributed by atoms with Crippen LogP contribution in [0.3, 0.4) is 0 Å². The average molecular weight is 218 g/mol. The third kappa shape index (κ3) is 2.47. The third-order valence-electron chi connectivity index (χ3n) is 2.72. The number of amidine groups is 1. The molecule has 1 aliphatic heterocycles. The van der Waals surface area contributed by atoms with Gasteiger partial charge in [-0.05, 0) is 20.3 Å². The van der Waals surface area contributed by atoms with Crippen molar-refractivity contribution in [3.8, 4) is 0 Å². The molecule has 1 rings (SSSR count). The lowest BCUT2D eigenvalue weighted by molar-refractivity contribution is 0.434. The highest BCUT2D eigenvalue weighted by molar-refractivity contribution is 7.91. The molecule has 1 N–H and O–H groups in total. The Hall–Kier alpha value is -0.580. The molecule has 1 heterocycles. The Balaban J connectivity index is 2.63. The van der Waals surface area contributed by atoms with Crippen LogP contribution < -0.4 is 0 Å². The van der Waals surface area contributed by atoms with Crippen molar-refractivity contribution < 1.29 is 8.42 Å². The highest BCUT2D eigenvalue weighted by Gasteiger charge is 2.32. The van der Waals surface area contributed by atoms with Gasteiger partial charge in [0, 0.05) is 19.0 Å².